The Hall–Kier alpha value is -1.85. The van der Waals surface area contributed by atoms with Gasteiger partial charge in [-0.3, -0.25) is 0 Å². The fourth-order valence-corrected chi connectivity index (χ4v) is 5.84. The van der Waals surface area contributed by atoms with Gasteiger partial charge in [0, 0.05) is 16.5 Å². The lowest BCUT2D eigenvalue weighted by Crippen LogP contribution is -2.22. The summed E-state index contributed by atoms with van der Waals surface area (Å²) in [7, 11) is -0.676. The topological polar surface area (TPSA) is 20.2 Å². The van der Waals surface area contributed by atoms with Gasteiger partial charge in [-0.25, -0.2) is 0 Å². The first kappa shape index (κ1) is 17.0. The van der Waals surface area contributed by atoms with Crippen LogP contribution in [0.25, 0.3) is 0 Å². The molecule has 124 valence electrons. The van der Waals surface area contributed by atoms with Crippen LogP contribution >= 0.6 is 7.92 Å². The third kappa shape index (κ3) is 3.32. The SMILES string of the molecule is Cc1cc(P(c2ccccc2)C2C=CC=C2)c(O)c(C(C)(C)C)c1. The highest BCUT2D eigenvalue weighted by Crippen LogP contribution is 2.46. The minimum Gasteiger partial charge on any atom is -0.507 e. The number of aryl methyl sites for hydroxylation is 1. The van der Waals surface area contributed by atoms with Crippen molar-refractivity contribution in [3.8, 4) is 5.75 Å². The number of hydrogen-bond acceptors (Lipinski definition) is 1. The molecular formula is C22H25OP. The van der Waals surface area contributed by atoms with Gasteiger partial charge in [0.05, 0.1) is 0 Å². The first-order valence-corrected chi connectivity index (χ1v) is 9.82. The summed E-state index contributed by atoms with van der Waals surface area (Å²) in [5.41, 5.74) is 2.50. The average molecular weight is 336 g/mol. The highest BCUT2D eigenvalue weighted by molar-refractivity contribution is 7.74. The predicted molar refractivity (Wildman–Crippen MR) is 106 cm³/mol. The summed E-state index contributed by atoms with van der Waals surface area (Å²) in [6.45, 7) is 8.60. The quantitative estimate of drug-likeness (QED) is 0.788. The highest BCUT2D eigenvalue weighted by Gasteiger charge is 2.28. The number of aromatic hydroxyl groups is 1. The Morgan fingerprint density at radius 2 is 1.58 bits per heavy atom. The van der Waals surface area contributed by atoms with Gasteiger partial charge < -0.3 is 5.11 Å². The van der Waals surface area contributed by atoms with Crippen molar-refractivity contribution < 1.29 is 5.11 Å². The van der Waals surface area contributed by atoms with E-state index in [1.807, 2.05) is 6.07 Å². The first-order chi connectivity index (χ1) is 11.4. The van der Waals surface area contributed by atoms with E-state index in [0.717, 1.165) is 10.9 Å². The van der Waals surface area contributed by atoms with Crippen LogP contribution in [0.4, 0.5) is 0 Å². The van der Waals surface area contributed by atoms with E-state index >= 15 is 0 Å². The van der Waals surface area contributed by atoms with E-state index in [0.29, 0.717) is 11.4 Å². The molecule has 2 aromatic carbocycles. The molecule has 0 fully saturated rings. The maximum Gasteiger partial charge on any atom is 0.127 e. The van der Waals surface area contributed by atoms with Crippen molar-refractivity contribution in [1.29, 1.82) is 0 Å². The summed E-state index contributed by atoms with van der Waals surface area (Å²) in [4.78, 5) is 0. The summed E-state index contributed by atoms with van der Waals surface area (Å²) in [5, 5.41) is 13.5. The molecule has 0 amide bonds. The second-order valence-corrected chi connectivity index (χ2v) is 9.73. The smallest absolute Gasteiger partial charge is 0.127 e. The van der Waals surface area contributed by atoms with Gasteiger partial charge in [-0.1, -0.05) is 81.5 Å². The maximum absolute atomic E-state index is 11.1. The van der Waals surface area contributed by atoms with Gasteiger partial charge in [-0.2, -0.15) is 0 Å². The van der Waals surface area contributed by atoms with E-state index in [9.17, 15) is 5.11 Å². The fraction of sp³-hybridized carbons (Fsp3) is 0.273. The van der Waals surface area contributed by atoms with Crippen molar-refractivity contribution in [3.05, 3.63) is 77.9 Å². The summed E-state index contributed by atoms with van der Waals surface area (Å²) >= 11 is 0. The lowest BCUT2D eigenvalue weighted by molar-refractivity contribution is 0.450. The highest BCUT2D eigenvalue weighted by atomic mass is 31.1. The van der Waals surface area contributed by atoms with Crippen molar-refractivity contribution in [2.75, 3.05) is 0 Å². The Labute approximate surface area is 146 Å². The van der Waals surface area contributed by atoms with Crippen LogP contribution < -0.4 is 10.6 Å². The molecule has 0 aliphatic heterocycles. The molecule has 0 aromatic heterocycles. The second kappa shape index (κ2) is 6.57. The molecule has 0 saturated heterocycles. The maximum atomic E-state index is 11.1. The number of benzene rings is 2. The monoisotopic (exact) mass is 336 g/mol. The van der Waals surface area contributed by atoms with Crippen molar-refractivity contribution in [2.24, 2.45) is 0 Å². The number of rotatable bonds is 3. The Kier molecular flexibility index (Phi) is 4.65. The van der Waals surface area contributed by atoms with Crippen LogP contribution in [0.1, 0.15) is 31.9 Å². The minimum absolute atomic E-state index is 0.0795. The largest absolute Gasteiger partial charge is 0.507 e. The van der Waals surface area contributed by atoms with Crippen molar-refractivity contribution in [1.82, 2.24) is 0 Å². The molecule has 0 saturated carbocycles. The lowest BCUT2D eigenvalue weighted by Gasteiger charge is -2.28. The van der Waals surface area contributed by atoms with Crippen molar-refractivity contribution >= 4 is 18.5 Å². The van der Waals surface area contributed by atoms with Gasteiger partial charge in [-0.05, 0) is 37.2 Å². The molecule has 1 nitrogen and oxygen atoms in total. The van der Waals surface area contributed by atoms with Crippen LogP contribution in [0, 0.1) is 6.92 Å². The molecule has 1 atom stereocenters. The van der Waals surface area contributed by atoms with E-state index in [4.69, 9.17) is 0 Å². The Morgan fingerprint density at radius 3 is 2.17 bits per heavy atom. The lowest BCUT2D eigenvalue weighted by atomic mass is 9.85. The molecule has 0 radical (unpaired) electrons. The van der Waals surface area contributed by atoms with E-state index in [1.54, 1.807) is 0 Å². The molecule has 1 unspecified atom stereocenters. The van der Waals surface area contributed by atoms with Crippen LogP contribution in [0.5, 0.6) is 5.75 Å². The molecule has 0 spiro atoms. The van der Waals surface area contributed by atoms with E-state index in [2.05, 4.69) is 88.4 Å². The average Bonchev–Trinajstić information content (AvgIpc) is 3.04. The fourth-order valence-electron chi connectivity index (χ4n) is 3.17. The van der Waals surface area contributed by atoms with Gasteiger partial charge in [-0.15, -0.1) is 0 Å². The summed E-state index contributed by atoms with van der Waals surface area (Å²) in [6.07, 6.45) is 8.72. The van der Waals surface area contributed by atoms with E-state index < -0.39 is 7.92 Å². The molecule has 1 N–H and O–H groups in total. The van der Waals surface area contributed by atoms with Crippen LogP contribution in [0.2, 0.25) is 0 Å². The zero-order valence-corrected chi connectivity index (χ0v) is 15.7. The number of hydrogen-bond donors (Lipinski definition) is 1. The predicted octanol–water partition coefficient (Wildman–Crippen LogP) is 4.93. The molecule has 1 aliphatic carbocycles. The van der Waals surface area contributed by atoms with E-state index in [1.165, 1.54) is 10.9 Å². The summed E-state index contributed by atoms with van der Waals surface area (Å²) < 4.78 is 0. The molecule has 1 aliphatic rings. The molecular weight excluding hydrogens is 311 g/mol. The Bertz CT molecular complexity index is 770. The zero-order chi connectivity index (χ0) is 17.3. The van der Waals surface area contributed by atoms with Gasteiger partial charge >= 0.3 is 0 Å². The van der Waals surface area contributed by atoms with Crippen molar-refractivity contribution in [2.45, 2.75) is 38.8 Å². The number of phenols is 1. The van der Waals surface area contributed by atoms with Crippen LogP contribution in [-0.2, 0) is 5.41 Å². The summed E-state index contributed by atoms with van der Waals surface area (Å²) in [6, 6.07) is 14.9. The Morgan fingerprint density at radius 1 is 0.958 bits per heavy atom. The van der Waals surface area contributed by atoms with Gasteiger partial charge in [0.15, 0.2) is 0 Å². The molecule has 2 aromatic rings. The molecule has 0 heterocycles. The normalized spacial score (nSPS) is 15.8. The standard InChI is InChI=1S/C22H25OP/c1-16-14-19(22(2,3)4)21(23)20(15-16)24(18-12-8-9-13-18)17-10-6-5-7-11-17/h5-15,18,23H,1-4H3. The number of allylic oxidation sites excluding steroid dienone is 4. The molecule has 2 heteroatoms. The summed E-state index contributed by atoms with van der Waals surface area (Å²) in [5.74, 6) is 0.469. The molecule has 0 bridgehead atoms. The second-order valence-electron chi connectivity index (χ2n) is 7.40. The van der Waals surface area contributed by atoms with Crippen LogP contribution in [0.15, 0.2) is 66.8 Å². The van der Waals surface area contributed by atoms with Crippen LogP contribution in [0.3, 0.4) is 0 Å². The van der Waals surface area contributed by atoms with Crippen molar-refractivity contribution in [3.63, 3.8) is 0 Å². The van der Waals surface area contributed by atoms with Gasteiger partial charge in [0.1, 0.15) is 5.75 Å². The third-order valence-electron chi connectivity index (χ3n) is 4.36. The zero-order valence-electron chi connectivity index (χ0n) is 14.8. The van der Waals surface area contributed by atoms with Gasteiger partial charge in [0.25, 0.3) is 0 Å². The first-order valence-electron chi connectivity index (χ1n) is 8.41. The minimum atomic E-state index is -0.676. The van der Waals surface area contributed by atoms with Gasteiger partial charge in [0.2, 0.25) is 0 Å². The third-order valence-corrected chi connectivity index (χ3v) is 7.02. The van der Waals surface area contributed by atoms with E-state index in [-0.39, 0.29) is 5.41 Å². The number of phenolic OH excluding ortho intramolecular Hbond substituents is 1. The van der Waals surface area contributed by atoms with Crippen LogP contribution in [-0.4, -0.2) is 10.8 Å². The Balaban J connectivity index is 2.20. The molecule has 24 heavy (non-hydrogen) atoms. The molecule has 3 rings (SSSR count).